The average molecular weight is 279 g/mol. The molecule has 3 rings (SSSR count). The summed E-state index contributed by atoms with van der Waals surface area (Å²) in [6, 6.07) is 9.75. The molecule has 100 valence electrons. The van der Waals surface area contributed by atoms with Gasteiger partial charge in [0.2, 0.25) is 5.89 Å². The number of nitrogens with zero attached hydrogens (tertiary/aromatic N) is 2. The van der Waals surface area contributed by atoms with E-state index in [1.165, 1.54) is 0 Å². The van der Waals surface area contributed by atoms with Gasteiger partial charge in [0.1, 0.15) is 5.38 Å². The molecule has 2 heterocycles. The molecule has 0 amide bonds. The molecule has 0 saturated carbocycles. The Bertz CT molecular complexity index is 523. The van der Waals surface area contributed by atoms with E-state index < -0.39 is 0 Å². The van der Waals surface area contributed by atoms with Crippen molar-refractivity contribution >= 4 is 11.6 Å². The van der Waals surface area contributed by atoms with E-state index in [9.17, 15) is 0 Å². The second kappa shape index (κ2) is 5.72. The fourth-order valence-corrected chi connectivity index (χ4v) is 2.47. The van der Waals surface area contributed by atoms with E-state index in [1.807, 2.05) is 30.3 Å². The molecule has 2 aromatic rings. The van der Waals surface area contributed by atoms with E-state index in [4.69, 9.17) is 20.9 Å². The van der Waals surface area contributed by atoms with Gasteiger partial charge in [0.15, 0.2) is 5.82 Å². The maximum atomic E-state index is 6.36. The minimum atomic E-state index is -0.387. The maximum absolute atomic E-state index is 6.36. The molecule has 1 aromatic carbocycles. The van der Waals surface area contributed by atoms with E-state index in [0.717, 1.165) is 37.4 Å². The summed E-state index contributed by atoms with van der Waals surface area (Å²) in [6.07, 6.45) is 1.88. The number of halogens is 1. The topological polar surface area (TPSA) is 48.2 Å². The van der Waals surface area contributed by atoms with Gasteiger partial charge in [0, 0.05) is 19.1 Å². The van der Waals surface area contributed by atoms with Crippen LogP contribution in [0, 0.1) is 0 Å². The van der Waals surface area contributed by atoms with Crippen LogP contribution in [0.25, 0.3) is 0 Å². The number of hydrogen-bond donors (Lipinski definition) is 0. The van der Waals surface area contributed by atoms with Crippen molar-refractivity contribution in [3.63, 3.8) is 0 Å². The first kappa shape index (κ1) is 12.6. The largest absolute Gasteiger partial charge is 0.381 e. The highest BCUT2D eigenvalue weighted by atomic mass is 35.5. The monoisotopic (exact) mass is 278 g/mol. The van der Waals surface area contributed by atoms with Crippen LogP contribution in [0.5, 0.6) is 0 Å². The van der Waals surface area contributed by atoms with Gasteiger partial charge in [-0.1, -0.05) is 35.5 Å². The predicted octanol–water partition coefficient (Wildman–Crippen LogP) is 3.29. The van der Waals surface area contributed by atoms with Crippen LogP contribution < -0.4 is 0 Å². The van der Waals surface area contributed by atoms with Crippen LogP contribution in [0.4, 0.5) is 0 Å². The maximum Gasteiger partial charge on any atom is 0.249 e. The zero-order valence-electron chi connectivity index (χ0n) is 10.5. The van der Waals surface area contributed by atoms with Gasteiger partial charge in [-0.05, 0) is 18.4 Å². The SMILES string of the molecule is ClC(c1ccccc1)c1nc(C2CCOCC2)no1. The Morgan fingerprint density at radius 3 is 2.63 bits per heavy atom. The molecule has 1 aliphatic rings. The van der Waals surface area contributed by atoms with E-state index in [1.54, 1.807) is 0 Å². The second-order valence-corrected chi connectivity index (χ2v) is 5.09. The molecule has 1 saturated heterocycles. The Morgan fingerprint density at radius 2 is 1.89 bits per heavy atom. The van der Waals surface area contributed by atoms with Crippen molar-refractivity contribution in [2.75, 3.05) is 13.2 Å². The van der Waals surface area contributed by atoms with E-state index in [0.29, 0.717) is 11.8 Å². The third-order valence-corrected chi connectivity index (χ3v) is 3.79. The van der Waals surface area contributed by atoms with Gasteiger partial charge >= 0.3 is 0 Å². The van der Waals surface area contributed by atoms with Crippen LogP contribution in [-0.4, -0.2) is 23.4 Å². The summed E-state index contributed by atoms with van der Waals surface area (Å²) in [4.78, 5) is 4.44. The Morgan fingerprint density at radius 1 is 1.16 bits per heavy atom. The van der Waals surface area contributed by atoms with Gasteiger partial charge in [-0.2, -0.15) is 4.98 Å². The highest BCUT2D eigenvalue weighted by Gasteiger charge is 2.24. The van der Waals surface area contributed by atoms with Gasteiger partial charge in [0.25, 0.3) is 0 Å². The van der Waals surface area contributed by atoms with Crippen molar-refractivity contribution in [2.45, 2.75) is 24.1 Å². The van der Waals surface area contributed by atoms with Crippen molar-refractivity contribution in [1.29, 1.82) is 0 Å². The summed E-state index contributed by atoms with van der Waals surface area (Å²) in [7, 11) is 0. The second-order valence-electron chi connectivity index (χ2n) is 4.65. The smallest absolute Gasteiger partial charge is 0.249 e. The summed E-state index contributed by atoms with van der Waals surface area (Å²) in [5.74, 6) is 1.54. The minimum Gasteiger partial charge on any atom is -0.381 e. The zero-order chi connectivity index (χ0) is 13.1. The summed E-state index contributed by atoms with van der Waals surface area (Å²) < 4.78 is 10.6. The van der Waals surface area contributed by atoms with Crippen molar-refractivity contribution in [2.24, 2.45) is 0 Å². The number of benzene rings is 1. The molecular formula is C14H15ClN2O2. The lowest BCUT2D eigenvalue weighted by Gasteiger charge is -2.18. The molecule has 19 heavy (non-hydrogen) atoms. The molecule has 0 bridgehead atoms. The Hall–Kier alpha value is -1.39. The van der Waals surface area contributed by atoms with E-state index in [-0.39, 0.29) is 5.38 Å². The molecule has 5 heteroatoms. The van der Waals surface area contributed by atoms with Crippen molar-refractivity contribution in [1.82, 2.24) is 10.1 Å². The third-order valence-electron chi connectivity index (χ3n) is 3.35. The van der Waals surface area contributed by atoms with Gasteiger partial charge in [-0.15, -0.1) is 11.6 Å². The number of hydrogen-bond acceptors (Lipinski definition) is 4. The quantitative estimate of drug-likeness (QED) is 0.809. The third kappa shape index (κ3) is 2.80. The molecule has 0 N–H and O–H groups in total. The summed E-state index contributed by atoms with van der Waals surface area (Å²) in [6.45, 7) is 1.52. The Labute approximate surface area is 116 Å². The highest BCUT2D eigenvalue weighted by Crippen LogP contribution is 2.30. The van der Waals surface area contributed by atoms with Crippen LogP contribution in [-0.2, 0) is 4.74 Å². The molecule has 4 nitrogen and oxygen atoms in total. The fraction of sp³-hybridized carbons (Fsp3) is 0.429. The molecule has 0 spiro atoms. The molecule has 1 aromatic heterocycles. The first-order valence-electron chi connectivity index (χ1n) is 6.45. The lowest BCUT2D eigenvalue weighted by molar-refractivity contribution is 0.0830. The lowest BCUT2D eigenvalue weighted by Crippen LogP contribution is -2.15. The van der Waals surface area contributed by atoms with Crippen LogP contribution in [0.3, 0.4) is 0 Å². The fourth-order valence-electron chi connectivity index (χ4n) is 2.24. The predicted molar refractivity (Wildman–Crippen MR) is 71.2 cm³/mol. The number of ether oxygens (including phenoxy) is 1. The average Bonchev–Trinajstić information content (AvgIpc) is 2.98. The van der Waals surface area contributed by atoms with Crippen LogP contribution in [0.1, 0.15) is 41.4 Å². The van der Waals surface area contributed by atoms with Crippen LogP contribution in [0.15, 0.2) is 34.9 Å². The van der Waals surface area contributed by atoms with E-state index in [2.05, 4.69) is 10.1 Å². The molecule has 1 aliphatic heterocycles. The van der Waals surface area contributed by atoms with E-state index >= 15 is 0 Å². The first-order valence-corrected chi connectivity index (χ1v) is 6.88. The summed E-state index contributed by atoms with van der Waals surface area (Å²) in [5.41, 5.74) is 0.964. The molecular weight excluding hydrogens is 264 g/mol. The zero-order valence-corrected chi connectivity index (χ0v) is 11.2. The molecule has 1 unspecified atom stereocenters. The van der Waals surface area contributed by atoms with Crippen LogP contribution in [0.2, 0.25) is 0 Å². The summed E-state index contributed by atoms with van der Waals surface area (Å²) in [5, 5.41) is 3.67. The van der Waals surface area contributed by atoms with Gasteiger partial charge < -0.3 is 9.26 Å². The van der Waals surface area contributed by atoms with Crippen molar-refractivity contribution in [3.05, 3.63) is 47.6 Å². The molecule has 1 fully saturated rings. The van der Waals surface area contributed by atoms with Crippen LogP contribution >= 0.6 is 11.6 Å². The highest BCUT2D eigenvalue weighted by molar-refractivity contribution is 6.22. The minimum absolute atomic E-state index is 0.325. The lowest BCUT2D eigenvalue weighted by atomic mass is 10.00. The first-order chi connectivity index (χ1) is 9.34. The van der Waals surface area contributed by atoms with Gasteiger partial charge in [-0.25, -0.2) is 0 Å². The Balaban J connectivity index is 1.77. The standard InChI is InChI=1S/C14H15ClN2O2/c15-12(10-4-2-1-3-5-10)14-16-13(17-19-14)11-6-8-18-9-7-11/h1-5,11-12H,6-9H2. The number of alkyl halides is 1. The molecule has 1 atom stereocenters. The normalized spacial score (nSPS) is 18.4. The summed E-state index contributed by atoms with van der Waals surface area (Å²) >= 11 is 6.36. The molecule has 0 radical (unpaired) electrons. The number of aromatic nitrogens is 2. The Kier molecular flexibility index (Phi) is 3.80. The molecule has 0 aliphatic carbocycles. The van der Waals surface area contributed by atoms with Crippen molar-refractivity contribution in [3.8, 4) is 0 Å². The van der Waals surface area contributed by atoms with Crippen molar-refractivity contribution < 1.29 is 9.26 Å². The van der Waals surface area contributed by atoms with Gasteiger partial charge in [0.05, 0.1) is 0 Å². The number of rotatable bonds is 3. The van der Waals surface area contributed by atoms with Gasteiger partial charge in [-0.3, -0.25) is 0 Å².